The molecule has 0 heterocycles. The second-order valence-electron chi connectivity index (χ2n) is 6.70. The lowest BCUT2D eigenvalue weighted by Gasteiger charge is -2.43. The standard InChI is InChI=1S/C15H29NO/c1-6-14(3,4)16(5)11-15(12-17)9-7-8-13(2)10-15/h12-13H,6-11H2,1-5H3. The first-order valence-electron chi connectivity index (χ1n) is 7.03. The van der Waals surface area contributed by atoms with Gasteiger partial charge in [-0.15, -0.1) is 0 Å². The summed E-state index contributed by atoms with van der Waals surface area (Å²) >= 11 is 0. The molecular weight excluding hydrogens is 210 g/mol. The summed E-state index contributed by atoms with van der Waals surface area (Å²) < 4.78 is 0. The fourth-order valence-corrected chi connectivity index (χ4v) is 2.94. The van der Waals surface area contributed by atoms with Crippen molar-refractivity contribution in [2.75, 3.05) is 13.6 Å². The Kier molecular flexibility index (Phi) is 4.77. The largest absolute Gasteiger partial charge is 0.303 e. The van der Waals surface area contributed by atoms with E-state index < -0.39 is 0 Å². The molecule has 2 atom stereocenters. The highest BCUT2D eigenvalue weighted by molar-refractivity contribution is 5.60. The lowest BCUT2D eigenvalue weighted by molar-refractivity contribution is -0.120. The van der Waals surface area contributed by atoms with E-state index in [4.69, 9.17) is 0 Å². The van der Waals surface area contributed by atoms with Crippen LogP contribution in [0.15, 0.2) is 0 Å². The average molecular weight is 239 g/mol. The molecule has 1 aliphatic rings. The molecule has 0 aromatic carbocycles. The summed E-state index contributed by atoms with van der Waals surface area (Å²) in [7, 11) is 2.16. The third kappa shape index (κ3) is 3.54. The fourth-order valence-electron chi connectivity index (χ4n) is 2.94. The van der Waals surface area contributed by atoms with Crippen LogP contribution in [0.3, 0.4) is 0 Å². The summed E-state index contributed by atoms with van der Waals surface area (Å²) in [5.41, 5.74) is 0.107. The van der Waals surface area contributed by atoms with Gasteiger partial charge in [0.1, 0.15) is 6.29 Å². The number of hydrogen-bond acceptors (Lipinski definition) is 2. The fraction of sp³-hybridized carbons (Fsp3) is 0.933. The van der Waals surface area contributed by atoms with Crippen LogP contribution in [0, 0.1) is 11.3 Å². The predicted molar refractivity (Wildman–Crippen MR) is 73.1 cm³/mol. The first-order valence-corrected chi connectivity index (χ1v) is 7.03. The van der Waals surface area contributed by atoms with E-state index in [0.717, 1.165) is 25.8 Å². The molecule has 0 bridgehead atoms. The highest BCUT2D eigenvalue weighted by Gasteiger charge is 2.38. The molecule has 1 rings (SSSR count). The molecule has 2 heteroatoms. The van der Waals surface area contributed by atoms with Gasteiger partial charge in [-0.3, -0.25) is 0 Å². The zero-order valence-electron chi connectivity index (χ0n) is 12.3. The van der Waals surface area contributed by atoms with Crippen molar-refractivity contribution in [2.45, 2.75) is 65.3 Å². The van der Waals surface area contributed by atoms with Gasteiger partial charge in [0.2, 0.25) is 0 Å². The lowest BCUT2D eigenvalue weighted by Crippen LogP contribution is -2.48. The summed E-state index contributed by atoms with van der Waals surface area (Å²) in [5.74, 6) is 0.701. The Morgan fingerprint density at radius 2 is 2.12 bits per heavy atom. The number of carbonyl (C=O) groups excluding carboxylic acids is 1. The maximum Gasteiger partial charge on any atom is 0.127 e. The van der Waals surface area contributed by atoms with Crippen LogP contribution < -0.4 is 0 Å². The molecule has 0 saturated heterocycles. The zero-order valence-corrected chi connectivity index (χ0v) is 12.3. The molecule has 0 spiro atoms. The molecule has 1 aliphatic carbocycles. The molecule has 17 heavy (non-hydrogen) atoms. The summed E-state index contributed by atoms with van der Waals surface area (Å²) in [6, 6.07) is 0. The van der Waals surface area contributed by atoms with E-state index in [2.05, 4.69) is 39.6 Å². The van der Waals surface area contributed by atoms with Crippen LogP contribution in [0.5, 0.6) is 0 Å². The molecule has 0 radical (unpaired) electrons. The van der Waals surface area contributed by atoms with Gasteiger partial charge in [0.25, 0.3) is 0 Å². The highest BCUT2D eigenvalue weighted by atomic mass is 16.1. The first kappa shape index (κ1) is 14.7. The predicted octanol–water partition coefficient (Wildman–Crippen LogP) is 3.50. The van der Waals surface area contributed by atoms with Crippen molar-refractivity contribution in [1.29, 1.82) is 0 Å². The van der Waals surface area contributed by atoms with Gasteiger partial charge in [-0.05, 0) is 46.1 Å². The van der Waals surface area contributed by atoms with Gasteiger partial charge in [-0.1, -0.05) is 26.7 Å². The lowest BCUT2D eigenvalue weighted by atomic mass is 9.70. The normalized spacial score (nSPS) is 30.6. The molecular formula is C15H29NO. The topological polar surface area (TPSA) is 20.3 Å². The number of nitrogens with zero attached hydrogens (tertiary/aromatic N) is 1. The van der Waals surface area contributed by atoms with E-state index in [1.165, 1.54) is 19.1 Å². The van der Waals surface area contributed by atoms with E-state index in [1.807, 2.05) is 0 Å². The molecule has 0 aromatic heterocycles. The molecule has 0 aromatic rings. The summed E-state index contributed by atoms with van der Waals surface area (Å²) in [6.45, 7) is 9.94. The molecule has 1 fully saturated rings. The first-order chi connectivity index (χ1) is 7.85. The maximum atomic E-state index is 11.6. The third-order valence-corrected chi connectivity index (χ3v) is 4.83. The highest BCUT2D eigenvalue weighted by Crippen LogP contribution is 2.39. The quantitative estimate of drug-likeness (QED) is 0.684. The van der Waals surface area contributed by atoms with E-state index in [0.29, 0.717) is 5.92 Å². The molecule has 0 amide bonds. The van der Waals surface area contributed by atoms with Crippen molar-refractivity contribution in [3.05, 3.63) is 0 Å². The average Bonchev–Trinajstić information content (AvgIpc) is 2.29. The molecule has 100 valence electrons. The van der Waals surface area contributed by atoms with Gasteiger partial charge in [0.05, 0.1) is 0 Å². The van der Waals surface area contributed by atoms with Crippen molar-refractivity contribution in [3.63, 3.8) is 0 Å². The monoisotopic (exact) mass is 239 g/mol. The van der Waals surface area contributed by atoms with Gasteiger partial charge in [0, 0.05) is 17.5 Å². The van der Waals surface area contributed by atoms with Crippen molar-refractivity contribution in [3.8, 4) is 0 Å². The number of hydrogen-bond donors (Lipinski definition) is 0. The Hall–Kier alpha value is -0.370. The van der Waals surface area contributed by atoms with Crippen molar-refractivity contribution in [2.24, 2.45) is 11.3 Å². The molecule has 2 unspecified atom stereocenters. The number of rotatable bonds is 5. The smallest absolute Gasteiger partial charge is 0.127 e. The molecule has 2 nitrogen and oxygen atoms in total. The van der Waals surface area contributed by atoms with Gasteiger partial charge in [-0.2, -0.15) is 0 Å². The Balaban J connectivity index is 2.72. The van der Waals surface area contributed by atoms with Crippen LogP contribution in [0.2, 0.25) is 0 Å². The second kappa shape index (κ2) is 5.51. The van der Waals surface area contributed by atoms with E-state index in [-0.39, 0.29) is 11.0 Å². The Bertz CT molecular complexity index is 262. The maximum absolute atomic E-state index is 11.6. The number of aldehydes is 1. The van der Waals surface area contributed by atoms with Crippen LogP contribution in [0.1, 0.15) is 59.8 Å². The van der Waals surface area contributed by atoms with Gasteiger partial charge >= 0.3 is 0 Å². The van der Waals surface area contributed by atoms with Crippen LogP contribution in [0.4, 0.5) is 0 Å². The Morgan fingerprint density at radius 3 is 2.59 bits per heavy atom. The molecule has 0 N–H and O–H groups in total. The Morgan fingerprint density at radius 1 is 1.47 bits per heavy atom. The van der Waals surface area contributed by atoms with Crippen molar-refractivity contribution in [1.82, 2.24) is 4.90 Å². The van der Waals surface area contributed by atoms with Crippen molar-refractivity contribution < 1.29 is 4.79 Å². The van der Waals surface area contributed by atoms with Crippen molar-refractivity contribution >= 4 is 6.29 Å². The van der Waals surface area contributed by atoms with E-state index >= 15 is 0 Å². The van der Waals surface area contributed by atoms with Gasteiger partial charge < -0.3 is 9.69 Å². The molecule has 1 saturated carbocycles. The van der Waals surface area contributed by atoms with Crippen LogP contribution in [-0.2, 0) is 4.79 Å². The van der Waals surface area contributed by atoms with E-state index in [9.17, 15) is 4.79 Å². The minimum atomic E-state index is -0.0845. The van der Waals surface area contributed by atoms with Crippen LogP contribution in [0.25, 0.3) is 0 Å². The second-order valence-corrected chi connectivity index (χ2v) is 6.70. The zero-order chi connectivity index (χ0) is 13.1. The van der Waals surface area contributed by atoms with E-state index in [1.54, 1.807) is 0 Å². The minimum absolute atomic E-state index is 0.0845. The summed E-state index contributed by atoms with van der Waals surface area (Å²) in [6.07, 6.45) is 7.00. The Labute approximate surface area is 107 Å². The SMILES string of the molecule is CCC(C)(C)N(C)CC1(C=O)CCCC(C)C1. The molecule has 0 aliphatic heterocycles. The minimum Gasteiger partial charge on any atom is -0.303 e. The third-order valence-electron chi connectivity index (χ3n) is 4.83. The summed E-state index contributed by atoms with van der Waals surface area (Å²) in [5, 5.41) is 0. The number of carbonyl (C=O) groups is 1. The summed E-state index contributed by atoms with van der Waals surface area (Å²) in [4.78, 5) is 13.9. The van der Waals surface area contributed by atoms with Gasteiger partial charge in [-0.25, -0.2) is 0 Å². The van der Waals surface area contributed by atoms with Crippen LogP contribution in [-0.4, -0.2) is 30.3 Å². The van der Waals surface area contributed by atoms with Crippen LogP contribution >= 0.6 is 0 Å². The van der Waals surface area contributed by atoms with Gasteiger partial charge in [0.15, 0.2) is 0 Å².